The van der Waals surface area contributed by atoms with Crippen molar-refractivity contribution in [1.82, 2.24) is 4.98 Å². The number of oxazole rings is 1. The third-order valence-electron chi connectivity index (χ3n) is 1.36. The van der Waals surface area contributed by atoms with Gasteiger partial charge in [0.05, 0.1) is 5.71 Å². The Kier molecular flexibility index (Phi) is 1.01. The molecule has 2 rings (SSSR count). The molecule has 1 aliphatic rings. The molecule has 1 aromatic heterocycles. The highest BCUT2D eigenvalue weighted by atomic mass is 32.2. The fraction of sp³-hybridized carbons (Fsp3) is 0.200. The van der Waals surface area contributed by atoms with E-state index in [1.165, 1.54) is 0 Å². The van der Waals surface area contributed by atoms with Crippen molar-refractivity contribution < 1.29 is 12.8 Å². The van der Waals surface area contributed by atoms with Gasteiger partial charge in [-0.2, -0.15) is 12.8 Å². The van der Waals surface area contributed by atoms with Gasteiger partial charge in [-0.3, -0.25) is 0 Å². The lowest BCUT2D eigenvalue weighted by molar-refractivity contribution is 0.545. The molecule has 1 aromatic rings. The maximum Gasteiger partial charge on any atom is 0.304 e. The van der Waals surface area contributed by atoms with Gasteiger partial charge in [0.25, 0.3) is 0 Å². The molecule has 0 spiro atoms. The van der Waals surface area contributed by atoms with E-state index in [2.05, 4.69) is 9.38 Å². The first-order valence-electron chi connectivity index (χ1n) is 2.87. The van der Waals surface area contributed by atoms with Gasteiger partial charge in [-0.25, -0.2) is 4.98 Å². The molecule has 0 atom stereocenters. The Balaban J connectivity index is 2.87. The first-order chi connectivity index (χ1) is 5.11. The molecule has 5 nitrogen and oxygen atoms in total. The number of rotatable bonds is 0. The van der Waals surface area contributed by atoms with Crippen LogP contribution in [0.1, 0.15) is 12.7 Å². The molecular formula is C5H4N2O3S. The number of hydrogen-bond donors (Lipinski definition) is 0. The van der Waals surface area contributed by atoms with Gasteiger partial charge in [-0.15, -0.1) is 0 Å². The minimum Gasteiger partial charge on any atom is -0.441 e. The lowest BCUT2D eigenvalue weighted by Crippen LogP contribution is -1.91. The van der Waals surface area contributed by atoms with E-state index in [1.54, 1.807) is 6.92 Å². The molecule has 2 heterocycles. The standard InChI is InChI=1S/C5H4N2O3S/c1-3-4-5(6-2-10-4)11(8,9)7-3/h2H,1H3. The molecule has 0 aliphatic carbocycles. The summed E-state index contributed by atoms with van der Waals surface area (Å²) < 4.78 is 30.2. The molecule has 0 amide bonds. The monoisotopic (exact) mass is 172 g/mol. The molecule has 0 radical (unpaired) electrons. The molecule has 0 saturated carbocycles. The predicted octanol–water partition coefficient (Wildman–Crippen LogP) is 0.186. The molecular weight excluding hydrogens is 168 g/mol. The van der Waals surface area contributed by atoms with Crippen molar-refractivity contribution in [3.05, 3.63) is 12.2 Å². The summed E-state index contributed by atoms with van der Waals surface area (Å²) in [5, 5.41) is -0.0741. The van der Waals surface area contributed by atoms with Crippen molar-refractivity contribution >= 4 is 15.7 Å². The van der Waals surface area contributed by atoms with Crippen LogP contribution in [0.2, 0.25) is 0 Å². The highest BCUT2D eigenvalue weighted by Gasteiger charge is 2.31. The molecule has 58 valence electrons. The third-order valence-corrected chi connectivity index (χ3v) is 2.66. The van der Waals surface area contributed by atoms with Crippen LogP contribution < -0.4 is 0 Å². The normalized spacial score (nSPS) is 19.5. The molecule has 6 heteroatoms. The van der Waals surface area contributed by atoms with E-state index in [-0.39, 0.29) is 10.8 Å². The fourth-order valence-electron chi connectivity index (χ4n) is 0.925. The summed E-state index contributed by atoms with van der Waals surface area (Å²) in [6.07, 6.45) is 1.10. The fourth-order valence-corrected chi connectivity index (χ4v) is 2.06. The quantitative estimate of drug-likeness (QED) is 0.559. The van der Waals surface area contributed by atoms with Crippen LogP contribution in [0.15, 0.2) is 20.2 Å². The van der Waals surface area contributed by atoms with Crippen LogP contribution in [0.4, 0.5) is 0 Å². The van der Waals surface area contributed by atoms with Crippen LogP contribution in [0.5, 0.6) is 0 Å². The van der Waals surface area contributed by atoms with E-state index in [0.717, 1.165) is 6.39 Å². The lowest BCUT2D eigenvalue weighted by atomic mass is 10.4. The Hall–Kier alpha value is -1.17. The van der Waals surface area contributed by atoms with Crippen molar-refractivity contribution in [1.29, 1.82) is 0 Å². The van der Waals surface area contributed by atoms with E-state index in [9.17, 15) is 8.42 Å². The number of aromatic nitrogens is 1. The summed E-state index contributed by atoms with van der Waals surface area (Å²) in [6, 6.07) is 0. The lowest BCUT2D eigenvalue weighted by Gasteiger charge is -1.80. The van der Waals surface area contributed by atoms with Crippen molar-refractivity contribution in [3.63, 3.8) is 0 Å². The third kappa shape index (κ3) is 0.725. The second-order valence-corrected chi connectivity index (χ2v) is 3.66. The van der Waals surface area contributed by atoms with Gasteiger partial charge in [0, 0.05) is 0 Å². The zero-order valence-electron chi connectivity index (χ0n) is 5.60. The minimum atomic E-state index is -3.53. The molecule has 0 bridgehead atoms. The maximum absolute atomic E-state index is 11.0. The van der Waals surface area contributed by atoms with E-state index >= 15 is 0 Å². The van der Waals surface area contributed by atoms with Gasteiger partial charge in [-0.05, 0) is 6.92 Å². The van der Waals surface area contributed by atoms with E-state index in [0.29, 0.717) is 5.71 Å². The first kappa shape index (κ1) is 6.53. The summed E-state index contributed by atoms with van der Waals surface area (Å²) in [5.41, 5.74) is 0.359. The molecule has 0 saturated heterocycles. The van der Waals surface area contributed by atoms with Gasteiger partial charge in [-0.1, -0.05) is 0 Å². The average molecular weight is 172 g/mol. The summed E-state index contributed by atoms with van der Waals surface area (Å²) >= 11 is 0. The Bertz CT molecular complexity index is 428. The van der Waals surface area contributed by atoms with Crippen molar-refractivity contribution in [2.24, 2.45) is 4.40 Å². The van der Waals surface area contributed by atoms with Gasteiger partial charge in [0.15, 0.2) is 12.2 Å². The number of hydrogen-bond acceptors (Lipinski definition) is 4. The minimum absolute atomic E-state index is 0.0741. The predicted molar refractivity (Wildman–Crippen MR) is 35.9 cm³/mol. The van der Waals surface area contributed by atoms with Crippen LogP contribution in [0.3, 0.4) is 0 Å². The van der Waals surface area contributed by atoms with Crippen molar-refractivity contribution in [2.75, 3.05) is 0 Å². The van der Waals surface area contributed by atoms with Crippen LogP contribution in [0, 0.1) is 0 Å². The van der Waals surface area contributed by atoms with Crippen LogP contribution in [0.25, 0.3) is 0 Å². The highest BCUT2D eigenvalue weighted by Crippen LogP contribution is 2.23. The molecule has 1 aliphatic heterocycles. The largest absolute Gasteiger partial charge is 0.441 e. The van der Waals surface area contributed by atoms with E-state index in [1.807, 2.05) is 0 Å². The molecule has 0 aromatic carbocycles. The zero-order chi connectivity index (χ0) is 8.06. The molecule has 0 fully saturated rings. The Morgan fingerprint density at radius 2 is 2.27 bits per heavy atom. The number of nitrogens with zero attached hydrogens (tertiary/aromatic N) is 2. The van der Waals surface area contributed by atoms with Gasteiger partial charge in [0.1, 0.15) is 0 Å². The maximum atomic E-state index is 11.0. The SMILES string of the molecule is CC1=NS(=O)(=O)c2ncoc21. The Morgan fingerprint density at radius 3 is 2.91 bits per heavy atom. The van der Waals surface area contributed by atoms with E-state index in [4.69, 9.17) is 4.42 Å². The van der Waals surface area contributed by atoms with Crippen LogP contribution in [-0.4, -0.2) is 19.1 Å². The second-order valence-electron chi connectivity index (χ2n) is 2.14. The van der Waals surface area contributed by atoms with Gasteiger partial charge in [0.2, 0.25) is 5.03 Å². The molecule has 11 heavy (non-hydrogen) atoms. The summed E-state index contributed by atoms with van der Waals surface area (Å²) in [4.78, 5) is 3.53. The van der Waals surface area contributed by atoms with Crippen LogP contribution >= 0.6 is 0 Å². The van der Waals surface area contributed by atoms with Crippen molar-refractivity contribution in [2.45, 2.75) is 11.9 Å². The summed E-state index contributed by atoms with van der Waals surface area (Å²) in [6.45, 7) is 1.56. The molecule has 0 unspecified atom stereocenters. The van der Waals surface area contributed by atoms with E-state index < -0.39 is 10.0 Å². The molecule has 0 N–H and O–H groups in total. The van der Waals surface area contributed by atoms with Gasteiger partial charge < -0.3 is 4.42 Å². The Morgan fingerprint density at radius 1 is 1.55 bits per heavy atom. The first-order valence-corrected chi connectivity index (χ1v) is 4.31. The number of sulfonamides is 1. The smallest absolute Gasteiger partial charge is 0.304 e. The summed E-state index contributed by atoms with van der Waals surface area (Å²) in [7, 11) is -3.53. The Labute approximate surface area is 62.8 Å². The highest BCUT2D eigenvalue weighted by molar-refractivity contribution is 7.90. The van der Waals surface area contributed by atoms with Crippen molar-refractivity contribution in [3.8, 4) is 0 Å². The topological polar surface area (TPSA) is 72.5 Å². The number of fused-ring (bicyclic) bond motifs is 1. The second kappa shape index (κ2) is 1.70. The summed E-state index contributed by atoms with van der Waals surface area (Å²) in [5.74, 6) is 0.255. The zero-order valence-corrected chi connectivity index (χ0v) is 6.42. The average Bonchev–Trinajstić information content (AvgIpc) is 2.37. The van der Waals surface area contributed by atoms with Crippen LogP contribution in [-0.2, 0) is 10.0 Å². The van der Waals surface area contributed by atoms with Gasteiger partial charge >= 0.3 is 10.0 Å².